The first-order chi connectivity index (χ1) is 8.36. The van der Waals surface area contributed by atoms with E-state index in [-0.39, 0.29) is 0 Å². The van der Waals surface area contributed by atoms with E-state index in [9.17, 15) is 8.42 Å². The molecule has 0 saturated carbocycles. The first-order valence-electron chi connectivity index (χ1n) is 5.26. The summed E-state index contributed by atoms with van der Waals surface area (Å²) in [5, 5.41) is 0.342. The van der Waals surface area contributed by atoms with Gasteiger partial charge in [-0.15, -0.1) is 0 Å². The van der Waals surface area contributed by atoms with Crippen LogP contribution in [0.3, 0.4) is 0 Å². The Morgan fingerprint density at radius 3 is 2.78 bits per heavy atom. The Morgan fingerprint density at radius 2 is 2.17 bits per heavy atom. The molecule has 0 bridgehead atoms. The lowest BCUT2D eigenvalue weighted by molar-refractivity contribution is 0.468. The van der Waals surface area contributed by atoms with E-state index >= 15 is 0 Å². The van der Waals surface area contributed by atoms with E-state index in [0.29, 0.717) is 30.2 Å². The minimum absolute atomic E-state index is 0.339. The van der Waals surface area contributed by atoms with Crippen molar-refractivity contribution in [3.8, 4) is 0 Å². The van der Waals surface area contributed by atoms with Crippen LogP contribution in [0.15, 0.2) is 22.7 Å². The number of halogens is 2. The Morgan fingerprint density at radius 1 is 1.50 bits per heavy atom. The minimum atomic E-state index is -3.60. The number of nitrogens with two attached hydrogens (primary N) is 1. The maximum Gasteiger partial charge on any atom is 0.301 e. The summed E-state index contributed by atoms with van der Waals surface area (Å²) in [5.74, 6) is 0. The van der Waals surface area contributed by atoms with Crippen molar-refractivity contribution in [2.45, 2.75) is 6.42 Å². The van der Waals surface area contributed by atoms with Crippen molar-refractivity contribution in [3.05, 3.63) is 27.7 Å². The second kappa shape index (κ2) is 6.72. The van der Waals surface area contributed by atoms with E-state index in [1.54, 1.807) is 18.2 Å². The van der Waals surface area contributed by atoms with E-state index < -0.39 is 10.2 Å². The van der Waals surface area contributed by atoms with Gasteiger partial charge in [0.1, 0.15) is 0 Å². The largest absolute Gasteiger partial charge is 0.330 e. The molecule has 3 N–H and O–H groups in total. The Labute approximate surface area is 121 Å². The van der Waals surface area contributed by atoms with Gasteiger partial charge in [0.2, 0.25) is 0 Å². The van der Waals surface area contributed by atoms with Crippen LogP contribution in [0.1, 0.15) is 6.42 Å². The van der Waals surface area contributed by atoms with Crippen LogP contribution in [-0.2, 0) is 10.2 Å². The van der Waals surface area contributed by atoms with Crippen LogP contribution in [0, 0.1) is 0 Å². The van der Waals surface area contributed by atoms with Crippen LogP contribution in [0.2, 0.25) is 5.02 Å². The fourth-order valence-corrected chi connectivity index (χ4v) is 2.78. The average Bonchev–Trinajstić information content (AvgIpc) is 2.30. The van der Waals surface area contributed by atoms with Crippen molar-refractivity contribution >= 4 is 43.4 Å². The Hall–Kier alpha value is -0.340. The van der Waals surface area contributed by atoms with Crippen molar-refractivity contribution in [1.29, 1.82) is 0 Å². The molecule has 1 rings (SSSR count). The zero-order valence-electron chi connectivity index (χ0n) is 9.86. The summed E-state index contributed by atoms with van der Waals surface area (Å²) in [5.41, 5.74) is 5.69. The molecule has 0 atom stereocenters. The van der Waals surface area contributed by atoms with E-state index in [4.69, 9.17) is 17.3 Å². The molecule has 0 aromatic heterocycles. The van der Waals surface area contributed by atoms with Gasteiger partial charge in [0.15, 0.2) is 0 Å². The molecule has 8 heteroatoms. The third-order valence-electron chi connectivity index (χ3n) is 2.25. The predicted octanol–water partition coefficient (Wildman–Crippen LogP) is 2.04. The highest BCUT2D eigenvalue weighted by molar-refractivity contribution is 9.10. The molecule has 0 radical (unpaired) electrons. The van der Waals surface area contributed by atoms with Crippen molar-refractivity contribution in [2.75, 3.05) is 24.9 Å². The quantitative estimate of drug-likeness (QED) is 0.819. The molecule has 0 unspecified atom stereocenters. The zero-order valence-corrected chi connectivity index (χ0v) is 13.0. The van der Waals surface area contributed by atoms with Gasteiger partial charge < -0.3 is 5.73 Å². The fraction of sp³-hybridized carbons (Fsp3) is 0.400. The molecule has 1 aromatic rings. The Kier molecular flexibility index (Phi) is 5.87. The maximum absolute atomic E-state index is 12.0. The third-order valence-corrected chi connectivity index (χ3v) is 4.56. The summed E-state index contributed by atoms with van der Waals surface area (Å²) in [4.78, 5) is 0. The third kappa shape index (κ3) is 4.40. The van der Waals surface area contributed by atoms with Crippen LogP contribution in [0.4, 0.5) is 5.69 Å². The number of rotatable bonds is 6. The summed E-state index contributed by atoms with van der Waals surface area (Å²) >= 11 is 9.18. The normalized spacial score (nSPS) is 11.8. The molecule has 5 nitrogen and oxygen atoms in total. The highest BCUT2D eigenvalue weighted by Gasteiger charge is 2.18. The molecule has 0 heterocycles. The molecule has 0 amide bonds. The van der Waals surface area contributed by atoms with Gasteiger partial charge in [0.05, 0.1) is 10.7 Å². The van der Waals surface area contributed by atoms with Gasteiger partial charge in [-0.25, -0.2) is 0 Å². The Balaban J connectivity index is 2.85. The number of benzene rings is 1. The van der Waals surface area contributed by atoms with Crippen LogP contribution in [0.25, 0.3) is 0 Å². The molecule has 0 fully saturated rings. The van der Waals surface area contributed by atoms with Gasteiger partial charge in [0, 0.05) is 18.1 Å². The minimum Gasteiger partial charge on any atom is -0.330 e. The summed E-state index contributed by atoms with van der Waals surface area (Å²) in [6, 6.07) is 4.96. The summed E-state index contributed by atoms with van der Waals surface area (Å²) in [7, 11) is -2.11. The van der Waals surface area contributed by atoms with Gasteiger partial charge in [-0.05, 0) is 31.2 Å². The van der Waals surface area contributed by atoms with E-state index in [1.165, 1.54) is 11.4 Å². The molecule has 0 aliphatic heterocycles. The second-order valence-electron chi connectivity index (χ2n) is 3.70. The van der Waals surface area contributed by atoms with Gasteiger partial charge in [-0.3, -0.25) is 4.72 Å². The molecule has 102 valence electrons. The summed E-state index contributed by atoms with van der Waals surface area (Å²) in [6.45, 7) is 0.801. The van der Waals surface area contributed by atoms with Crippen LogP contribution >= 0.6 is 27.5 Å². The highest BCUT2D eigenvalue weighted by atomic mass is 79.9. The number of nitrogens with one attached hydrogen (secondary N) is 1. The molecule has 0 spiro atoms. The lowest BCUT2D eigenvalue weighted by Crippen LogP contribution is -2.34. The van der Waals surface area contributed by atoms with Crippen molar-refractivity contribution < 1.29 is 8.42 Å². The monoisotopic (exact) mass is 355 g/mol. The Bertz CT molecular complexity index is 510. The maximum atomic E-state index is 12.0. The van der Waals surface area contributed by atoms with Crippen molar-refractivity contribution in [2.24, 2.45) is 5.73 Å². The topological polar surface area (TPSA) is 75.4 Å². The van der Waals surface area contributed by atoms with Gasteiger partial charge in [-0.2, -0.15) is 12.7 Å². The SMILES string of the molecule is CN(CCCN)S(=O)(=O)Nc1cc(Br)ccc1Cl. The lowest BCUT2D eigenvalue weighted by atomic mass is 10.3. The molecule has 18 heavy (non-hydrogen) atoms. The van der Waals surface area contributed by atoms with Crippen molar-refractivity contribution in [3.63, 3.8) is 0 Å². The standard InChI is InChI=1S/C10H15BrClN3O2S/c1-15(6-2-5-13)18(16,17)14-10-7-8(11)3-4-9(10)12/h3-4,7,14H,2,5-6,13H2,1H3. The van der Waals surface area contributed by atoms with Crippen LogP contribution in [0.5, 0.6) is 0 Å². The number of nitrogens with zero attached hydrogens (tertiary/aromatic N) is 1. The second-order valence-corrected chi connectivity index (χ2v) is 6.80. The number of anilines is 1. The molecule has 1 aromatic carbocycles. The van der Waals surface area contributed by atoms with E-state index in [2.05, 4.69) is 20.7 Å². The number of hydrogen-bond acceptors (Lipinski definition) is 3. The fourth-order valence-electron chi connectivity index (χ4n) is 1.23. The number of hydrogen-bond donors (Lipinski definition) is 2. The average molecular weight is 357 g/mol. The first-order valence-corrected chi connectivity index (χ1v) is 7.87. The summed E-state index contributed by atoms with van der Waals surface area (Å²) in [6.07, 6.45) is 0.601. The molecular formula is C10H15BrClN3O2S. The first kappa shape index (κ1) is 15.7. The van der Waals surface area contributed by atoms with Gasteiger partial charge in [-0.1, -0.05) is 27.5 Å². The molecule has 0 saturated heterocycles. The molecular weight excluding hydrogens is 342 g/mol. The van der Waals surface area contributed by atoms with Crippen LogP contribution < -0.4 is 10.5 Å². The summed E-state index contributed by atoms with van der Waals surface area (Å²) < 4.78 is 28.3. The van der Waals surface area contributed by atoms with Gasteiger partial charge >= 0.3 is 10.2 Å². The highest BCUT2D eigenvalue weighted by Crippen LogP contribution is 2.26. The lowest BCUT2D eigenvalue weighted by Gasteiger charge is -2.18. The smallest absolute Gasteiger partial charge is 0.301 e. The molecule has 0 aliphatic carbocycles. The predicted molar refractivity (Wildman–Crippen MR) is 78.0 cm³/mol. The van der Waals surface area contributed by atoms with E-state index in [0.717, 1.165) is 4.47 Å². The van der Waals surface area contributed by atoms with Crippen molar-refractivity contribution in [1.82, 2.24) is 4.31 Å². The zero-order chi connectivity index (χ0) is 13.8. The van der Waals surface area contributed by atoms with Gasteiger partial charge in [0.25, 0.3) is 0 Å². The van der Waals surface area contributed by atoms with Crippen LogP contribution in [-0.4, -0.2) is 32.9 Å². The molecule has 0 aliphatic rings. The van der Waals surface area contributed by atoms with E-state index in [1.807, 2.05) is 0 Å².